The summed E-state index contributed by atoms with van der Waals surface area (Å²) in [5, 5.41) is 0.775. The highest BCUT2D eigenvalue weighted by Gasteiger charge is 2.17. The molecule has 0 aliphatic rings. The first-order chi connectivity index (χ1) is 10.0. The molecule has 2 aromatic rings. The van der Waals surface area contributed by atoms with Gasteiger partial charge in [-0.2, -0.15) is 0 Å². The summed E-state index contributed by atoms with van der Waals surface area (Å²) in [7, 11) is 2.11. The van der Waals surface area contributed by atoms with Gasteiger partial charge in [-0.15, -0.1) is 0 Å². The Bertz CT molecular complexity index is 610. The first-order valence-electron chi connectivity index (χ1n) is 7.23. The van der Waals surface area contributed by atoms with Gasteiger partial charge in [0, 0.05) is 24.2 Å². The summed E-state index contributed by atoms with van der Waals surface area (Å²) >= 11 is 6.06. The van der Waals surface area contributed by atoms with Crippen molar-refractivity contribution in [1.82, 2.24) is 4.90 Å². The molecule has 3 heteroatoms. The van der Waals surface area contributed by atoms with Gasteiger partial charge in [0.05, 0.1) is 0 Å². The van der Waals surface area contributed by atoms with E-state index in [1.54, 1.807) is 0 Å². The molecule has 0 saturated heterocycles. The van der Waals surface area contributed by atoms with Crippen LogP contribution >= 0.6 is 11.6 Å². The third kappa shape index (κ3) is 4.07. The highest BCUT2D eigenvalue weighted by molar-refractivity contribution is 6.30. The SMILES string of the molecule is Cc1ccc(C(CN)N(C)Cc2cccc(Cl)c2)c(C)c1. The Labute approximate surface area is 132 Å². The molecule has 0 amide bonds. The van der Waals surface area contributed by atoms with Crippen molar-refractivity contribution in [2.45, 2.75) is 26.4 Å². The molecule has 112 valence electrons. The van der Waals surface area contributed by atoms with Crippen LogP contribution in [0.3, 0.4) is 0 Å². The average Bonchev–Trinajstić information content (AvgIpc) is 2.42. The molecular weight excluding hydrogens is 280 g/mol. The first-order valence-corrected chi connectivity index (χ1v) is 7.61. The molecule has 0 aromatic heterocycles. The third-order valence-corrected chi connectivity index (χ3v) is 4.10. The second-order valence-electron chi connectivity index (χ2n) is 5.66. The first kappa shape index (κ1) is 16.0. The molecule has 2 aromatic carbocycles. The maximum Gasteiger partial charge on any atom is 0.0473 e. The van der Waals surface area contributed by atoms with Crippen molar-refractivity contribution in [1.29, 1.82) is 0 Å². The largest absolute Gasteiger partial charge is 0.329 e. The van der Waals surface area contributed by atoms with Crippen LogP contribution in [0.25, 0.3) is 0 Å². The van der Waals surface area contributed by atoms with Gasteiger partial charge in [-0.05, 0) is 49.7 Å². The molecule has 2 rings (SSSR count). The van der Waals surface area contributed by atoms with Crippen molar-refractivity contribution < 1.29 is 0 Å². The molecular formula is C18H23ClN2. The van der Waals surface area contributed by atoms with Crippen LogP contribution in [0.15, 0.2) is 42.5 Å². The fourth-order valence-electron chi connectivity index (χ4n) is 2.78. The van der Waals surface area contributed by atoms with Crippen molar-refractivity contribution in [2.24, 2.45) is 5.73 Å². The quantitative estimate of drug-likeness (QED) is 0.901. The summed E-state index contributed by atoms with van der Waals surface area (Å²) in [6.07, 6.45) is 0. The molecule has 1 unspecified atom stereocenters. The third-order valence-electron chi connectivity index (χ3n) is 3.86. The lowest BCUT2D eigenvalue weighted by Gasteiger charge is -2.29. The second kappa shape index (κ2) is 7.08. The number of benzene rings is 2. The van der Waals surface area contributed by atoms with Crippen LogP contribution in [0.2, 0.25) is 5.02 Å². The van der Waals surface area contributed by atoms with Crippen LogP contribution in [0.4, 0.5) is 0 Å². The van der Waals surface area contributed by atoms with Gasteiger partial charge in [-0.25, -0.2) is 0 Å². The second-order valence-corrected chi connectivity index (χ2v) is 6.09. The van der Waals surface area contributed by atoms with Crippen molar-refractivity contribution >= 4 is 11.6 Å². The summed E-state index contributed by atoms with van der Waals surface area (Å²) in [5.74, 6) is 0. The van der Waals surface area contributed by atoms with Gasteiger partial charge in [0.15, 0.2) is 0 Å². The Kier molecular flexibility index (Phi) is 5.40. The van der Waals surface area contributed by atoms with E-state index in [2.05, 4.69) is 50.1 Å². The molecule has 2 nitrogen and oxygen atoms in total. The minimum atomic E-state index is 0.213. The Balaban J connectivity index is 2.20. The van der Waals surface area contributed by atoms with Gasteiger partial charge in [0.25, 0.3) is 0 Å². The van der Waals surface area contributed by atoms with Crippen LogP contribution in [0, 0.1) is 13.8 Å². The summed E-state index contributed by atoms with van der Waals surface area (Å²) in [6, 6.07) is 14.8. The van der Waals surface area contributed by atoms with Crippen molar-refractivity contribution in [3.63, 3.8) is 0 Å². The van der Waals surface area contributed by atoms with E-state index in [0.717, 1.165) is 11.6 Å². The van der Waals surface area contributed by atoms with Gasteiger partial charge >= 0.3 is 0 Å². The zero-order valence-electron chi connectivity index (χ0n) is 12.9. The van der Waals surface area contributed by atoms with Gasteiger partial charge < -0.3 is 5.73 Å². The maximum absolute atomic E-state index is 6.06. The Morgan fingerprint density at radius 3 is 2.52 bits per heavy atom. The molecule has 0 fully saturated rings. The Morgan fingerprint density at radius 1 is 1.14 bits per heavy atom. The summed E-state index contributed by atoms with van der Waals surface area (Å²) in [4.78, 5) is 2.28. The number of rotatable bonds is 5. The summed E-state index contributed by atoms with van der Waals surface area (Å²) < 4.78 is 0. The van der Waals surface area contributed by atoms with E-state index in [4.69, 9.17) is 17.3 Å². The lowest BCUT2D eigenvalue weighted by atomic mass is 9.98. The maximum atomic E-state index is 6.06. The Morgan fingerprint density at radius 2 is 1.90 bits per heavy atom. The van der Waals surface area contributed by atoms with E-state index in [-0.39, 0.29) is 6.04 Å². The average molecular weight is 303 g/mol. The zero-order chi connectivity index (χ0) is 15.4. The smallest absolute Gasteiger partial charge is 0.0473 e. The molecule has 0 bridgehead atoms. The molecule has 0 radical (unpaired) electrons. The summed E-state index contributed by atoms with van der Waals surface area (Å²) in [6.45, 7) is 5.69. The van der Waals surface area contributed by atoms with Gasteiger partial charge in [-0.3, -0.25) is 4.90 Å². The number of nitrogens with two attached hydrogens (primary N) is 1. The minimum absolute atomic E-state index is 0.213. The number of hydrogen-bond acceptors (Lipinski definition) is 2. The molecule has 0 heterocycles. The van der Waals surface area contributed by atoms with E-state index in [1.165, 1.54) is 22.3 Å². The van der Waals surface area contributed by atoms with Gasteiger partial charge in [0.2, 0.25) is 0 Å². The Hall–Kier alpha value is -1.35. The normalized spacial score (nSPS) is 12.7. The van der Waals surface area contributed by atoms with E-state index in [9.17, 15) is 0 Å². The van der Waals surface area contributed by atoms with Crippen molar-refractivity contribution in [2.75, 3.05) is 13.6 Å². The highest BCUT2D eigenvalue weighted by atomic mass is 35.5. The van der Waals surface area contributed by atoms with Crippen molar-refractivity contribution in [3.8, 4) is 0 Å². The number of aryl methyl sites for hydroxylation is 2. The molecule has 0 spiro atoms. The van der Waals surface area contributed by atoms with Gasteiger partial charge in [0.1, 0.15) is 0 Å². The zero-order valence-corrected chi connectivity index (χ0v) is 13.7. The molecule has 1 atom stereocenters. The fraction of sp³-hybridized carbons (Fsp3) is 0.333. The summed E-state index contributed by atoms with van der Waals surface area (Å²) in [5.41, 5.74) is 11.1. The van der Waals surface area contributed by atoms with E-state index in [0.29, 0.717) is 6.54 Å². The monoisotopic (exact) mass is 302 g/mol. The molecule has 0 aliphatic heterocycles. The molecule has 0 saturated carbocycles. The number of likely N-dealkylation sites (N-methyl/N-ethyl adjacent to an activating group) is 1. The number of nitrogens with zero attached hydrogens (tertiary/aromatic N) is 1. The van der Waals surface area contributed by atoms with Crippen LogP contribution in [-0.4, -0.2) is 18.5 Å². The lowest BCUT2D eigenvalue weighted by Crippen LogP contribution is -2.30. The predicted octanol–water partition coefficient (Wildman–Crippen LogP) is 4.09. The van der Waals surface area contributed by atoms with E-state index >= 15 is 0 Å². The topological polar surface area (TPSA) is 29.3 Å². The molecule has 2 N–H and O–H groups in total. The molecule has 21 heavy (non-hydrogen) atoms. The lowest BCUT2D eigenvalue weighted by molar-refractivity contribution is 0.241. The van der Waals surface area contributed by atoms with Crippen LogP contribution < -0.4 is 5.73 Å². The van der Waals surface area contributed by atoms with E-state index in [1.807, 2.05) is 18.2 Å². The highest BCUT2D eigenvalue weighted by Crippen LogP contribution is 2.24. The fourth-order valence-corrected chi connectivity index (χ4v) is 2.99. The van der Waals surface area contributed by atoms with Crippen LogP contribution in [-0.2, 0) is 6.54 Å². The van der Waals surface area contributed by atoms with Crippen LogP contribution in [0.1, 0.15) is 28.3 Å². The number of halogens is 1. The van der Waals surface area contributed by atoms with Crippen LogP contribution in [0.5, 0.6) is 0 Å². The standard InChI is InChI=1S/C18H23ClN2/c1-13-7-8-17(14(2)9-13)18(11-20)21(3)12-15-5-4-6-16(19)10-15/h4-10,18H,11-12,20H2,1-3H3. The minimum Gasteiger partial charge on any atom is -0.329 e. The van der Waals surface area contributed by atoms with Crippen molar-refractivity contribution in [3.05, 3.63) is 69.7 Å². The van der Waals surface area contributed by atoms with E-state index < -0.39 is 0 Å². The van der Waals surface area contributed by atoms with Gasteiger partial charge in [-0.1, -0.05) is 47.5 Å². The predicted molar refractivity (Wildman–Crippen MR) is 90.6 cm³/mol. The molecule has 0 aliphatic carbocycles. The number of hydrogen-bond donors (Lipinski definition) is 1.